The summed E-state index contributed by atoms with van der Waals surface area (Å²) in [5, 5.41) is 12.8. The van der Waals surface area contributed by atoms with E-state index in [4.69, 9.17) is 0 Å². The van der Waals surface area contributed by atoms with E-state index in [0.717, 1.165) is 53.9 Å². The summed E-state index contributed by atoms with van der Waals surface area (Å²) in [4.78, 5) is 16.0. The van der Waals surface area contributed by atoms with Crippen molar-refractivity contribution in [2.75, 3.05) is 5.32 Å². The van der Waals surface area contributed by atoms with Crippen LogP contribution in [0, 0.1) is 12.3 Å². The Morgan fingerprint density at radius 1 is 1.06 bits per heavy atom. The van der Waals surface area contributed by atoms with Gasteiger partial charge in [-0.25, -0.2) is 9.78 Å². The number of pyridine rings is 1. The van der Waals surface area contributed by atoms with Gasteiger partial charge in [0.25, 0.3) is 0 Å². The number of fused-ring (bicyclic) bond motifs is 1. The first-order chi connectivity index (χ1) is 15.7. The lowest BCUT2D eigenvalue weighted by atomic mass is 9.89. The van der Waals surface area contributed by atoms with Crippen LogP contribution in [0.1, 0.15) is 59.3 Å². The highest BCUT2D eigenvalue weighted by Gasteiger charge is 2.47. The van der Waals surface area contributed by atoms with Crippen LogP contribution in [0.25, 0.3) is 11.1 Å². The number of allylic oxidation sites excluding steroid dienone is 1. The fourth-order valence-corrected chi connectivity index (χ4v) is 5.24. The van der Waals surface area contributed by atoms with E-state index < -0.39 is 5.97 Å². The highest BCUT2D eigenvalue weighted by molar-refractivity contribution is 5.89. The molecule has 168 valence electrons. The molecule has 1 fully saturated rings. The average Bonchev–Trinajstić information content (AvgIpc) is 3.52. The number of anilines is 1. The second-order valence-electron chi connectivity index (χ2n) is 10.5. The molecule has 2 N–H and O–H groups in total. The molecule has 4 nitrogen and oxygen atoms in total. The summed E-state index contributed by atoms with van der Waals surface area (Å²) in [5.74, 6) is -0.196. The van der Waals surface area contributed by atoms with Gasteiger partial charge in [0, 0.05) is 17.3 Å². The van der Waals surface area contributed by atoms with Crippen molar-refractivity contribution >= 4 is 11.8 Å². The molecule has 0 radical (unpaired) electrons. The van der Waals surface area contributed by atoms with Crippen molar-refractivity contribution in [2.24, 2.45) is 5.41 Å². The van der Waals surface area contributed by atoms with Gasteiger partial charge in [0.15, 0.2) is 0 Å². The van der Waals surface area contributed by atoms with Crippen LogP contribution in [-0.4, -0.2) is 16.1 Å². The van der Waals surface area contributed by atoms with E-state index in [9.17, 15) is 9.90 Å². The van der Waals surface area contributed by atoms with Crippen LogP contribution >= 0.6 is 0 Å². The topological polar surface area (TPSA) is 62.2 Å². The molecule has 2 aliphatic carbocycles. The van der Waals surface area contributed by atoms with Crippen LogP contribution in [0.4, 0.5) is 5.82 Å². The molecule has 2 aromatic carbocycles. The summed E-state index contributed by atoms with van der Waals surface area (Å²) in [6.45, 7) is 11.1. The molecule has 1 aromatic heterocycles. The molecule has 0 saturated heterocycles. The fourth-order valence-electron chi connectivity index (χ4n) is 5.24. The molecule has 1 heterocycles. The molecule has 0 spiro atoms. The Labute approximate surface area is 195 Å². The number of nitrogens with one attached hydrogen (secondary N) is 1. The third-order valence-electron chi connectivity index (χ3n) is 7.23. The minimum atomic E-state index is -0.927. The lowest BCUT2D eigenvalue weighted by molar-refractivity contribution is 0.0697. The normalized spacial score (nSPS) is 17.3. The van der Waals surface area contributed by atoms with Gasteiger partial charge >= 0.3 is 5.97 Å². The molecule has 0 bridgehead atoms. The SMILES string of the molecule is C=C(Nc1cc(-c2cccc(C(=O)O)c2)c(C)cn1)C1(c2ccc3c(c2)CC(C)(C)C3)CC1. The molecule has 5 rings (SSSR count). The second-order valence-corrected chi connectivity index (χ2v) is 10.5. The number of carbonyl (C=O) groups is 1. The van der Waals surface area contributed by atoms with Gasteiger partial charge in [0.2, 0.25) is 0 Å². The van der Waals surface area contributed by atoms with Crippen molar-refractivity contribution in [3.63, 3.8) is 0 Å². The Morgan fingerprint density at radius 3 is 2.55 bits per heavy atom. The molecular weight excluding hydrogens is 408 g/mol. The number of aromatic carboxylic acids is 1. The van der Waals surface area contributed by atoms with E-state index in [1.807, 2.05) is 25.3 Å². The maximum Gasteiger partial charge on any atom is 0.335 e. The fraction of sp³-hybridized carbons (Fsp3) is 0.310. The number of nitrogens with zero attached hydrogens (tertiary/aromatic N) is 1. The number of benzene rings is 2. The van der Waals surface area contributed by atoms with Gasteiger partial charge in [-0.2, -0.15) is 0 Å². The van der Waals surface area contributed by atoms with Gasteiger partial charge in [-0.05, 0) is 89.6 Å². The zero-order chi connectivity index (χ0) is 23.4. The summed E-state index contributed by atoms with van der Waals surface area (Å²) in [6.07, 6.45) is 6.27. The molecule has 0 amide bonds. The van der Waals surface area contributed by atoms with E-state index >= 15 is 0 Å². The van der Waals surface area contributed by atoms with E-state index in [-0.39, 0.29) is 11.0 Å². The van der Waals surface area contributed by atoms with Crippen molar-refractivity contribution in [1.29, 1.82) is 0 Å². The Bertz CT molecular complexity index is 1280. The van der Waals surface area contributed by atoms with E-state index in [2.05, 4.69) is 48.9 Å². The van der Waals surface area contributed by atoms with Crippen molar-refractivity contribution < 1.29 is 9.90 Å². The van der Waals surface area contributed by atoms with Crippen LogP contribution in [0.2, 0.25) is 0 Å². The lowest BCUT2D eigenvalue weighted by Gasteiger charge is -2.22. The second kappa shape index (κ2) is 7.58. The quantitative estimate of drug-likeness (QED) is 0.459. The first kappa shape index (κ1) is 21.4. The third-order valence-corrected chi connectivity index (χ3v) is 7.23. The molecule has 0 unspecified atom stereocenters. The molecule has 33 heavy (non-hydrogen) atoms. The van der Waals surface area contributed by atoms with Crippen LogP contribution in [0.3, 0.4) is 0 Å². The zero-order valence-corrected chi connectivity index (χ0v) is 19.5. The summed E-state index contributed by atoms with van der Waals surface area (Å²) in [7, 11) is 0. The average molecular weight is 439 g/mol. The molecule has 1 saturated carbocycles. The van der Waals surface area contributed by atoms with Gasteiger partial charge in [-0.1, -0.05) is 50.8 Å². The van der Waals surface area contributed by atoms with Crippen LogP contribution in [0.15, 0.2) is 67.0 Å². The third kappa shape index (κ3) is 3.95. The summed E-state index contributed by atoms with van der Waals surface area (Å²) in [6, 6.07) is 16.0. The molecule has 0 aliphatic heterocycles. The number of hydrogen-bond donors (Lipinski definition) is 2. The molecule has 0 atom stereocenters. The summed E-state index contributed by atoms with van der Waals surface area (Å²) >= 11 is 0. The first-order valence-electron chi connectivity index (χ1n) is 11.6. The van der Waals surface area contributed by atoms with Gasteiger partial charge in [0.1, 0.15) is 5.82 Å². The van der Waals surface area contributed by atoms with Crippen molar-refractivity contribution in [3.05, 3.63) is 94.8 Å². The summed E-state index contributed by atoms with van der Waals surface area (Å²) < 4.78 is 0. The van der Waals surface area contributed by atoms with Crippen LogP contribution in [-0.2, 0) is 18.3 Å². The van der Waals surface area contributed by atoms with Crippen molar-refractivity contribution in [3.8, 4) is 11.1 Å². The Balaban J connectivity index is 1.40. The smallest absolute Gasteiger partial charge is 0.335 e. The predicted molar refractivity (Wildman–Crippen MR) is 133 cm³/mol. The van der Waals surface area contributed by atoms with E-state index in [1.165, 1.54) is 16.7 Å². The van der Waals surface area contributed by atoms with Crippen molar-refractivity contribution in [2.45, 2.75) is 51.9 Å². The number of rotatable bonds is 6. The largest absolute Gasteiger partial charge is 0.478 e. The highest BCUT2D eigenvalue weighted by Crippen LogP contribution is 2.54. The number of hydrogen-bond acceptors (Lipinski definition) is 3. The number of aryl methyl sites for hydroxylation is 1. The molecular formula is C29H30N2O2. The minimum Gasteiger partial charge on any atom is -0.478 e. The maximum absolute atomic E-state index is 11.4. The number of aromatic nitrogens is 1. The van der Waals surface area contributed by atoms with E-state index in [1.54, 1.807) is 18.2 Å². The van der Waals surface area contributed by atoms with Gasteiger partial charge in [-0.15, -0.1) is 0 Å². The number of carboxylic acids is 1. The van der Waals surface area contributed by atoms with Gasteiger partial charge < -0.3 is 10.4 Å². The Hall–Kier alpha value is -3.40. The highest BCUT2D eigenvalue weighted by atomic mass is 16.4. The monoisotopic (exact) mass is 438 g/mol. The molecule has 4 heteroatoms. The number of carboxylic acid groups (broad SMARTS) is 1. The predicted octanol–water partition coefficient (Wildman–Crippen LogP) is 6.54. The van der Waals surface area contributed by atoms with Crippen LogP contribution in [0.5, 0.6) is 0 Å². The van der Waals surface area contributed by atoms with Crippen LogP contribution < -0.4 is 5.32 Å². The Morgan fingerprint density at radius 2 is 1.82 bits per heavy atom. The minimum absolute atomic E-state index is 0.0439. The standard InChI is InChI=1S/C29H30N2O2/c1-18-17-30-26(14-25(18)20-6-5-7-21(12-20)27(32)33)31-19(2)29(10-11-29)24-9-8-22-15-28(3,4)16-23(22)13-24/h5-9,12-14,17H,2,10-11,15-16H2,1,3-4H3,(H,30,31)(H,32,33). The van der Waals surface area contributed by atoms with Crippen molar-refractivity contribution in [1.82, 2.24) is 4.98 Å². The van der Waals surface area contributed by atoms with E-state index in [0.29, 0.717) is 5.41 Å². The van der Waals surface area contributed by atoms with Gasteiger partial charge in [-0.3, -0.25) is 0 Å². The van der Waals surface area contributed by atoms with Gasteiger partial charge in [0.05, 0.1) is 5.56 Å². The maximum atomic E-state index is 11.4. The Kier molecular flexibility index (Phi) is 4.93. The first-order valence-corrected chi connectivity index (χ1v) is 11.6. The molecule has 3 aromatic rings. The molecule has 2 aliphatic rings. The summed E-state index contributed by atoms with van der Waals surface area (Å²) in [5.41, 5.74) is 8.68. The zero-order valence-electron chi connectivity index (χ0n) is 19.5. The lowest BCUT2D eigenvalue weighted by Crippen LogP contribution is -2.17.